The normalized spacial score (nSPS) is 11.7. The molecule has 0 spiro atoms. The van der Waals surface area contributed by atoms with E-state index in [0.717, 1.165) is 0 Å². The second-order valence-corrected chi connectivity index (χ2v) is 4.83. The van der Waals surface area contributed by atoms with Crippen molar-refractivity contribution in [3.63, 3.8) is 0 Å². The highest BCUT2D eigenvalue weighted by molar-refractivity contribution is 6.31. The highest BCUT2D eigenvalue weighted by Gasteiger charge is 2.43. The molecule has 0 unspecified atom stereocenters. The minimum absolute atomic E-state index is 0.0388. The molecule has 0 radical (unpaired) electrons. The molecular weight excluding hydrogens is 385 g/mol. The number of hydrogen-bond donors (Lipinski definition) is 0. The van der Waals surface area contributed by atoms with Gasteiger partial charge in [-0.25, -0.2) is 17.6 Å². The molecule has 2 aromatic rings. The monoisotopic (exact) mass is 390 g/mol. The molecule has 0 saturated carbocycles. The van der Waals surface area contributed by atoms with Crippen LogP contribution in [0.5, 0.6) is 5.75 Å². The van der Waals surface area contributed by atoms with Crippen LogP contribution in [-0.4, -0.2) is 16.4 Å². The first-order chi connectivity index (χ1) is 11.5. The van der Waals surface area contributed by atoms with Gasteiger partial charge in [0.2, 0.25) is 0 Å². The van der Waals surface area contributed by atoms with Crippen molar-refractivity contribution in [3.05, 3.63) is 50.4 Å². The molecule has 2 rings (SSSR count). The van der Waals surface area contributed by atoms with Gasteiger partial charge in [-0.3, -0.25) is 4.79 Å². The Morgan fingerprint density at radius 3 is 2.08 bits per heavy atom. The summed E-state index contributed by atoms with van der Waals surface area (Å²) in [5, 5.41) is 2.48. The van der Waals surface area contributed by atoms with Gasteiger partial charge in [-0.2, -0.15) is 23.0 Å². The molecule has 0 aliphatic rings. The Morgan fingerprint density at radius 1 is 1.12 bits per heavy atom. The van der Waals surface area contributed by atoms with Gasteiger partial charge in [-0.1, -0.05) is 11.6 Å². The van der Waals surface area contributed by atoms with E-state index in [1.807, 2.05) is 0 Å². The maximum Gasteiger partial charge on any atom is 0.422 e. The number of ether oxygens (including phenoxy) is 1. The fourth-order valence-corrected chi connectivity index (χ4v) is 2.07. The minimum atomic E-state index is -5.71. The lowest BCUT2D eigenvalue weighted by Gasteiger charge is -2.15. The first-order valence-corrected chi connectivity index (χ1v) is 6.74. The van der Waals surface area contributed by atoms with Crippen LogP contribution in [0.4, 0.5) is 30.7 Å². The van der Waals surface area contributed by atoms with Crippen molar-refractivity contribution in [2.45, 2.75) is 13.1 Å². The van der Waals surface area contributed by atoms with Gasteiger partial charge in [0, 0.05) is 0 Å². The fraction of sp³-hybridized carbons (Fsp3) is 0.231. The van der Waals surface area contributed by atoms with E-state index in [0.29, 0.717) is 6.20 Å². The molecule has 12 heteroatoms. The van der Waals surface area contributed by atoms with Crippen LogP contribution in [0.2, 0.25) is 5.02 Å². The van der Waals surface area contributed by atoms with E-state index >= 15 is 0 Å². The Balaban J connectivity index is 2.83. The van der Waals surface area contributed by atoms with E-state index in [9.17, 15) is 35.5 Å². The lowest BCUT2D eigenvalue weighted by Crippen LogP contribution is -2.26. The van der Waals surface area contributed by atoms with Crippen molar-refractivity contribution < 1.29 is 35.5 Å². The van der Waals surface area contributed by atoms with Crippen molar-refractivity contribution in [1.82, 2.24) is 9.78 Å². The number of halogens is 8. The molecule has 0 bridgehead atoms. The van der Waals surface area contributed by atoms with E-state index in [1.165, 1.54) is 6.92 Å². The van der Waals surface area contributed by atoms with Gasteiger partial charge in [0.25, 0.3) is 5.56 Å². The molecule has 0 atom stereocenters. The lowest BCUT2D eigenvalue weighted by atomic mass is 10.1. The summed E-state index contributed by atoms with van der Waals surface area (Å²) in [4.78, 5) is 12.0. The van der Waals surface area contributed by atoms with Crippen LogP contribution in [0.25, 0.3) is 5.69 Å². The van der Waals surface area contributed by atoms with E-state index in [4.69, 9.17) is 16.3 Å². The molecule has 0 N–H and O–H groups in total. The molecule has 0 saturated heterocycles. The number of hydrogen-bond acceptors (Lipinski definition) is 3. The highest BCUT2D eigenvalue weighted by atomic mass is 35.5. The summed E-state index contributed by atoms with van der Waals surface area (Å²) in [6.07, 6.45) is -5.00. The second kappa shape index (κ2) is 6.54. The molecule has 136 valence electrons. The average Bonchev–Trinajstić information content (AvgIpc) is 2.51. The van der Waals surface area contributed by atoms with Gasteiger partial charge < -0.3 is 4.74 Å². The highest BCUT2D eigenvalue weighted by Crippen LogP contribution is 2.37. The SMILES string of the molecule is CCOc1cnn(-c2c(F)c(F)c(C(F)(F)F)c(F)c2F)c(=O)c1Cl. The Kier molecular flexibility index (Phi) is 4.98. The van der Waals surface area contributed by atoms with E-state index < -0.39 is 51.3 Å². The zero-order valence-electron chi connectivity index (χ0n) is 12.0. The molecular formula is C13H6ClF7N2O2. The molecule has 0 aliphatic carbocycles. The summed E-state index contributed by atoms with van der Waals surface area (Å²) < 4.78 is 97.4. The number of alkyl halides is 3. The summed E-state index contributed by atoms with van der Waals surface area (Å²) in [7, 11) is 0. The maximum absolute atomic E-state index is 13.9. The van der Waals surface area contributed by atoms with Crippen molar-refractivity contribution >= 4 is 11.6 Å². The molecule has 25 heavy (non-hydrogen) atoms. The standard InChI is InChI=1S/C13H6ClF7N2O2/c1-2-25-4-3-22-23(12(24)6(4)14)11-9(17)7(15)5(13(19,20)21)8(16)10(11)18/h3H,2H2,1H3. The first-order valence-electron chi connectivity index (χ1n) is 6.36. The third kappa shape index (κ3) is 3.15. The molecule has 0 aliphatic heterocycles. The van der Waals surface area contributed by atoms with Crippen LogP contribution in [-0.2, 0) is 6.18 Å². The van der Waals surface area contributed by atoms with Crippen molar-refractivity contribution in [1.29, 1.82) is 0 Å². The summed E-state index contributed by atoms with van der Waals surface area (Å²) in [6.45, 7) is 1.55. The average molecular weight is 391 g/mol. The third-order valence-corrected chi connectivity index (χ3v) is 3.27. The summed E-state index contributed by atoms with van der Waals surface area (Å²) in [5.74, 6) is -10.7. The smallest absolute Gasteiger partial charge is 0.422 e. The number of rotatable bonds is 3. The number of benzene rings is 1. The predicted molar refractivity (Wildman–Crippen MR) is 70.8 cm³/mol. The first kappa shape index (κ1) is 19.0. The molecule has 0 fully saturated rings. The fourth-order valence-electron chi connectivity index (χ4n) is 1.89. The van der Waals surface area contributed by atoms with Gasteiger partial charge in [0.15, 0.2) is 34.0 Å². The summed E-state index contributed by atoms with van der Waals surface area (Å²) in [5.41, 5.74) is -6.00. The maximum atomic E-state index is 13.9. The van der Waals surface area contributed by atoms with Crippen molar-refractivity contribution in [2.75, 3.05) is 6.61 Å². The minimum Gasteiger partial charge on any atom is -0.490 e. The second-order valence-electron chi connectivity index (χ2n) is 4.45. The Morgan fingerprint density at radius 2 is 1.64 bits per heavy atom. The Hall–Kier alpha value is -2.30. The Bertz CT molecular complexity index is 866. The zero-order valence-corrected chi connectivity index (χ0v) is 12.8. The number of aromatic nitrogens is 2. The van der Waals surface area contributed by atoms with Crippen LogP contribution in [0, 0.1) is 23.3 Å². The summed E-state index contributed by atoms with van der Waals surface area (Å²) in [6, 6.07) is 0. The van der Waals surface area contributed by atoms with Crippen molar-refractivity contribution in [3.8, 4) is 11.4 Å². The third-order valence-electron chi connectivity index (χ3n) is 2.92. The van der Waals surface area contributed by atoms with Gasteiger partial charge in [-0.05, 0) is 6.92 Å². The molecule has 0 amide bonds. The van der Waals surface area contributed by atoms with Crippen LogP contribution < -0.4 is 10.3 Å². The van der Waals surface area contributed by atoms with Gasteiger partial charge in [0.05, 0.1) is 12.8 Å². The van der Waals surface area contributed by atoms with Crippen molar-refractivity contribution in [2.24, 2.45) is 0 Å². The van der Waals surface area contributed by atoms with Gasteiger partial charge in [0.1, 0.15) is 11.3 Å². The topological polar surface area (TPSA) is 44.1 Å². The van der Waals surface area contributed by atoms with E-state index in [2.05, 4.69) is 5.10 Å². The zero-order chi connectivity index (χ0) is 19.1. The van der Waals surface area contributed by atoms with Crippen LogP contribution >= 0.6 is 11.6 Å². The van der Waals surface area contributed by atoms with Crippen LogP contribution in [0.1, 0.15) is 12.5 Å². The molecule has 1 heterocycles. The summed E-state index contributed by atoms with van der Waals surface area (Å²) >= 11 is 5.60. The Labute approximate surface area is 139 Å². The molecule has 4 nitrogen and oxygen atoms in total. The van der Waals surface area contributed by atoms with Gasteiger partial charge in [-0.15, -0.1) is 0 Å². The van der Waals surface area contributed by atoms with E-state index in [1.54, 1.807) is 0 Å². The van der Waals surface area contributed by atoms with Crippen LogP contribution in [0.3, 0.4) is 0 Å². The van der Waals surface area contributed by atoms with Crippen LogP contribution in [0.15, 0.2) is 11.0 Å². The lowest BCUT2D eigenvalue weighted by molar-refractivity contribution is -0.143. The van der Waals surface area contributed by atoms with E-state index in [-0.39, 0.29) is 17.0 Å². The molecule has 1 aromatic carbocycles. The number of nitrogens with zero attached hydrogens (tertiary/aromatic N) is 2. The van der Waals surface area contributed by atoms with Gasteiger partial charge >= 0.3 is 6.18 Å². The largest absolute Gasteiger partial charge is 0.490 e. The predicted octanol–water partition coefficient (Wildman–Crippen LogP) is 3.86. The quantitative estimate of drug-likeness (QED) is 0.590. The molecule has 1 aromatic heterocycles.